The van der Waals surface area contributed by atoms with E-state index in [-0.39, 0.29) is 0 Å². The van der Waals surface area contributed by atoms with Gasteiger partial charge in [0.2, 0.25) is 0 Å². The van der Waals surface area contributed by atoms with E-state index in [1.807, 2.05) is 7.05 Å². The molecule has 1 N–H and O–H groups in total. The van der Waals surface area contributed by atoms with Crippen molar-refractivity contribution < 1.29 is 0 Å². The molecule has 1 aromatic rings. The number of hydrogen-bond acceptors (Lipinski definition) is 1. The molecule has 12 heavy (non-hydrogen) atoms. The normalized spacial score (nSPS) is 10.3. The first-order valence-corrected chi connectivity index (χ1v) is 4.49. The minimum atomic E-state index is 0.733. The zero-order chi connectivity index (χ0) is 8.97. The number of rotatable bonds is 3. The number of hydrogen-bond donors (Lipinski definition) is 1. The number of benzene rings is 1. The summed E-state index contributed by atoms with van der Waals surface area (Å²) in [5, 5.41) is 3.14. The van der Waals surface area contributed by atoms with Gasteiger partial charge in [0, 0.05) is 12.7 Å². The molecule has 0 aliphatic carbocycles. The lowest BCUT2D eigenvalue weighted by Crippen LogP contribution is -1.95. The van der Waals surface area contributed by atoms with Gasteiger partial charge in [0.15, 0.2) is 0 Å². The molecule has 0 saturated heterocycles. The van der Waals surface area contributed by atoms with Gasteiger partial charge in [-0.25, -0.2) is 0 Å². The zero-order valence-corrected chi connectivity index (χ0v) is 8.09. The summed E-state index contributed by atoms with van der Waals surface area (Å²) < 4.78 is 0. The highest BCUT2D eigenvalue weighted by Crippen LogP contribution is 2.13. The Morgan fingerprint density at radius 2 is 2.08 bits per heavy atom. The average molecular weight is 163 g/mol. The molecular weight excluding hydrogens is 146 g/mol. The fraction of sp³-hybridized carbons (Fsp3) is 0.455. The Hall–Kier alpha value is -0.980. The SMILES string of the molecule is CNc1cccc(CC(C)C)c1. The smallest absolute Gasteiger partial charge is 0.0340 e. The Bertz CT molecular complexity index is 241. The van der Waals surface area contributed by atoms with Gasteiger partial charge in [-0.3, -0.25) is 0 Å². The first kappa shape index (κ1) is 9.11. The molecule has 0 atom stereocenters. The van der Waals surface area contributed by atoms with Crippen molar-refractivity contribution in [1.82, 2.24) is 0 Å². The molecule has 0 amide bonds. The quantitative estimate of drug-likeness (QED) is 0.722. The maximum Gasteiger partial charge on any atom is 0.0340 e. The lowest BCUT2D eigenvalue weighted by atomic mass is 10.0. The third-order valence-corrected chi connectivity index (χ3v) is 1.86. The van der Waals surface area contributed by atoms with Crippen LogP contribution in [0.4, 0.5) is 5.69 Å². The van der Waals surface area contributed by atoms with E-state index in [4.69, 9.17) is 0 Å². The molecule has 1 aromatic carbocycles. The number of anilines is 1. The molecule has 1 nitrogen and oxygen atoms in total. The van der Waals surface area contributed by atoms with Crippen molar-refractivity contribution in [2.24, 2.45) is 5.92 Å². The van der Waals surface area contributed by atoms with Crippen LogP contribution in [-0.4, -0.2) is 7.05 Å². The summed E-state index contributed by atoms with van der Waals surface area (Å²) in [7, 11) is 1.95. The second-order valence-electron chi connectivity index (χ2n) is 3.55. The predicted octanol–water partition coefficient (Wildman–Crippen LogP) is 2.93. The van der Waals surface area contributed by atoms with Crippen LogP contribution in [-0.2, 0) is 6.42 Å². The minimum Gasteiger partial charge on any atom is -0.388 e. The molecule has 0 aliphatic heterocycles. The van der Waals surface area contributed by atoms with Crippen molar-refractivity contribution in [3.05, 3.63) is 29.8 Å². The molecular formula is C11H17N. The van der Waals surface area contributed by atoms with Crippen LogP contribution in [0.5, 0.6) is 0 Å². The molecule has 0 spiro atoms. The highest BCUT2D eigenvalue weighted by molar-refractivity contribution is 5.45. The van der Waals surface area contributed by atoms with Crippen molar-refractivity contribution in [3.63, 3.8) is 0 Å². The fourth-order valence-corrected chi connectivity index (χ4v) is 1.33. The minimum absolute atomic E-state index is 0.733. The molecule has 0 unspecified atom stereocenters. The van der Waals surface area contributed by atoms with Crippen LogP contribution in [0.2, 0.25) is 0 Å². The molecule has 0 bridgehead atoms. The predicted molar refractivity (Wildman–Crippen MR) is 54.5 cm³/mol. The summed E-state index contributed by atoms with van der Waals surface area (Å²) in [6.07, 6.45) is 1.16. The van der Waals surface area contributed by atoms with E-state index in [2.05, 4.69) is 43.4 Å². The maximum absolute atomic E-state index is 3.14. The molecule has 66 valence electrons. The maximum atomic E-state index is 3.14. The standard InChI is InChI=1S/C11H17N/c1-9(2)7-10-5-4-6-11(8-10)12-3/h4-6,8-9,12H,7H2,1-3H3. The van der Waals surface area contributed by atoms with Crippen LogP contribution >= 0.6 is 0 Å². The van der Waals surface area contributed by atoms with Gasteiger partial charge in [0.1, 0.15) is 0 Å². The summed E-state index contributed by atoms with van der Waals surface area (Å²) in [6.45, 7) is 4.48. The van der Waals surface area contributed by atoms with Crippen molar-refractivity contribution in [1.29, 1.82) is 0 Å². The summed E-state index contributed by atoms with van der Waals surface area (Å²) >= 11 is 0. The van der Waals surface area contributed by atoms with Gasteiger partial charge in [-0.15, -0.1) is 0 Å². The Balaban J connectivity index is 2.72. The van der Waals surface area contributed by atoms with Gasteiger partial charge in [0.05, 0.1) is 0 Å². The van der Waals surface area contributed by atoms with E-state index in [9.17, 15) is 0 Å². The van der Waals surface area contributed by atoms with Gasteiger partial charge in [-0.2, -0.15) is 0 Å². The van der Waals surface area contributed by atoms with E-state index < -0.39 is 0 Å². The van der Waals surface area contributed by atoms with Gasteiger partial charge in [-0.1, -0.05) is 26.0 Å². The summed E-state index contributed by atoms with van der Waals surface area (Å²) in [5.74, 6) is 0.733. The molecule has 1 heteroatoms. The molecule has 0 heterocycles. The molecule has 0 aliphatic rings. The first-order valence-electron chi connectivity index (χ1n) is 4.49. The van der Waals surface area contributed by atoms with Crippen LogP contribution in [0.25, 0.3) is 0 Å². The van der Waals surface area contributed by atoms with Crippen LogP contribution in [0.1, 0.15) is 19.4 Å². The monoisotopic (exact) mass is 163 g/mol. The van der Waals surface area contributed by atoms with E-state index >= 15 is 0 Å². The van der Waals surface area contributed by atoms with Crippen molar-refractivity contribution >= 4 is 5.69 Å². The lowest BCUT2D eigenvalue weighted by Gasteiger charge is -2.06. The van der Waals surface area contributed by atoms with Crippen LogP contribution in [0.3, 0.4) is 0 Å². The largest absolute Gasteiger partial charge is 0.388 e. The Morgan fingerprint density at radius 3 is 2.67 bits per heavy atom. The molecule has 0 aromatic heterocycles. The molecule has 0 saturated carbocycles. The van der Waals surface area contributed by atoms with Gasteiger partial charge in [-0.05, 0) is 30.0 Å². The zero-order valence-electron chi connectivity index (χ0n) is 8.09. The molecule has 0 fully saturated rings. The van der Waals surface area contributed by atoms with Gasteiger partial charge in [0.25, 0.3) is 0 Å². The van der Waals surface area contributed by atoms with Crippen LogP contribution < -0.4 is 5.32 Å². The van der Waals surface area contributed by atoms with E-state index in [0.717, 1.165) is 12.3 Å². The van der Waals surface area contributed by atoms with Gasteiger partial charge < -0.3 is 5.32 Å². The second-order valence-corrected chi connectivity index (χ2v) is 3.55. The highest BCUT2D eigenvalue weighted by atomic mass is 14.8. The Labute approximate surface area is 74.8 Å². The van der Waals surface area contributed by atoms with E-state index in [1.165, 1.54) is 11.3 Å². The van der Waals surface area contributed by atoms with Crippen molar-refractivity contribution in [2.75, 3.05) is 12.4 Å². The van der Waals surface area contributed by atoms with Gasteiger partial charge >= 0.3 is 0 Å². The summed E-state index contributed by atoms with van der Waals surface area (Å²) in [4.78, 5) is 0. The average Bonchev–Trinajstić information content (AvgIpc) is 2.03. The fourth-order valence-electron chi connectivity index (χ4n) is 1.33. The summed E-state index contributed by atoms with van der Waals surface area (Å²) in [6, 6.07) is 8.58. The van der Waals surface area contributed by atoms with E-state index in [1.54, 1.807) is 0 Å². The van der Waals surface area contributed by atoms with Crippen LogP contribution in [0, 0.1) is 5.92 Å². The van der Waals surface area contributed by atoms with E-state index in [0.29, 0.717) is 0 Å². The third kappa shape index (κ3) is 2.57. The Kier molecular flexibility index (Phi) is 3.15. The Morgan fingerprint density at radius 1 is 1.33 bits per heavy atom. The van der Waals surface area contributed by atoms with Crippen molar-refractivity contribution in [2.45, 2.75) is 20.3 Å². The second kappa shape index (κ2) is 4.15. The highest BCUT2D eigenvalue weighted by Gasteiger charge is 1.97. The van der Waals surface area contributed by atoms with Crippen molar-refractivity contribution in [3.8, 4) is 0 Å². The first-order chi connectivity index (χ1) is 5.72. The summed E-state index contributed by atoms with van der Waals surface area (Å²) in [5.41, 5.74) is 2.62. The lowest BCUT2D eigenvalue weighted by molar-refractivity contribution is 0.647. The third-order valence-electron chi connectivity index (χ3n) is 1.86. The number of nitrogens with one attached hydrogen (secondary N) is 1. The topological polar surface area (TPSA) is 12.0 Å². The molecule has 0 radical (unpaired) electrons. The molecule has 1 rings (SSSR count). The van der Waals surface area contributed by atoms with Crippen LogP contribution in [0.15, 0.2) is 24.3 Å².